The van der Waals surface area contributed by atoms with Gasteiger partial charge in [0.15, 0.2) is 0 Å². The summed E-state index contributed by atoms with van der Waals surface area (Å²) in [6.45, 7) is -0.170. The molecule has 1 aromatic rings. The van der Waals surface area contributed by atoms with Crippen molar-refractivity contribution >= 4 is 35.5 Å². The molecule has 1 aromatic heterocycles. The third-order valence-corrected chi connectivity index (χ3v) is 4.42. The van der Waals surface area contributed by atoms with E-state index in [-0.39, 0.29) is 31.1 Å². The lowest BCUT2D eigenvalue weighted by molar-refractivity contribution is -0.306. The highest BCUT2D eigenvalue weighted by atomic mass is 32.2. The first-order valence-electron chi connectivity index (χ1n) is 7.74. The quantitative estimate of drug-likeness (QED) is 0.517. The van der Waals surface area contributed by atoms with E-state index in [0.717, 1.165) is 0 Å². The van der Waals surface area contributed by atoms with E-state index in [4.69, 9.17) is 14.4 Å². The van der Waals surface area contributed by atoms with Crippen molar-refractivity contribution in [3.8, 4) is 0 Å². The van der Waals surface area contributed by atoms with Gasteiger partial charge >= 0.3 is 17.8 Å². The Labute approximate surface area is 152 Å². The number of rotatable bonds is 6. The molecule has 3 heterocycles. The minimum atomic E-state index is -1.05. The molecular formula is C15H15N3O7S. The molecule has 0 spiro atoms. The van der Waals surface area contributed by atoms with Gasteiger partial charge < -0.3 is 14.9 Å². The predicted molar refractivity (Wildman–Crippen MR) is 84.9 cm³/mol. The van der Waals surface area contributed by atoms with Crippen molar-refractivity contribution in [3.05, 3.63) is 24.4 Å². The van der Waals surface area contributed by atoms with Gasteiger partial charge in [-0.05, 0) is 17.4 Å². The van der Waals surface area contributed by atoms with Crippen LogP contribution in [0.5, 0.6) is 0 Å². The number of ether oxygens (including phenoxy) is 1. The van der Waals surface area contributed by atoms with Gasteiger partial charge in [0.2, 0.25) is 12.0 Å². The average molecular weight is 381 g/mol. The van der Waals surface area contributed by atoms with E-state index >= 15 is 0 Å². The topological polar surface area (TPSA) is 124 Å². The van der Waals surface area contributed by atoms with E-state index in [1.54, 1.807) is 24.4 Å². The summed E-state index contributed by atoms with van der Waals surface area (Å²) in [6, 6.07) is 4.36. The van der Waals surface area contributed by atoms with Crippen LogP contribution < -0.4 is 5.32 Å². The smallest absolute Gasteiger partial charge is 0.375 e. The van der Waals surface area contributed by atoms with E-state index in [2.05, 4.69) is 10.3 Å². The monoisotopic (exact) mass is 381 g/mol. The van der Waals surface area contributed by atoms with Crippen molar-refractivity contribution in [1.29, 1.82) is 0 Å². The van der Waals surface area contributed by atoms with Crippen molar-refractivity contribution in [3.63, 3.8) is 0 Å². The van der Waals surface area contributed by atoms with Crippen molar-refractivity contribution in [1.82, 2.24) is 15.5 Å². The molecule has 2 aliphatic heterocycles. The molecule has 0 aliphatic carbocycles. The van der Waals surface area contributed by atoms with Gasteiger partial charge in [-0.3, -0.25) is 14.4 Å². The zero-order valence-electron chi connectivity index (χ0n) is 13.5. The fourth-order valence-corrected chi connectivity index (χ4v) is 2.89. The Bertz CT molecular complexity index is 714. The van der Waals surface area contributed by atoms with Crippen LogP contribution in [-0.4, -0.2) is 58.5 Å². The maximum Gasteiger partial charge on any atom is 0.375 e. The van der Waals surface area contributed by atoms with Crippen molar-refractivity contribution in [2.45, 2.75) is 30.0 Å². The van der Waals surface area contributed by atoms with Crippen LogP contribution in [0.4, 0.5) is 0 Å². The zero-order valence-corrected chi connectivity index (χ0v) is 14.3. The molecule has 2 saturated heterocycles. The van der Waals surface area contributed by atoms with Gasteiger partial charge in [0.1, 0.15) is 12.6 Å². The second-order valence-corrected chi connectivity index (χ2v) is 6.39. The lowest BCUT2D eigenvalue weighted by Crippen LogP contribution is -2.44. The largest absolute Gasteiger partial charge is 0.450 e. The Morgan fingerprint density at radius 1 is 1.38 bits per heavy atom. The summed E-state index contributed by atoms with van der Waals surface area (Å²) in [5.74, 6) is -2.45. The Hall–Kier alpha value is -2.66. The second kappa shape index (κ2) is 8.15. The van der Waals surface area contributed by atoms with Crippen LogP contribution in [0, 0.1) is 0 Å². The van der Waals surface area contributed by atoms with Crippen LogP contribution >= 0.6 is 11.8 Å². The number of hydrogen-bond acceptors (Lipinski definition) is 9. The number of carbonyl (C=O) groups excluding carboxylic acids is 4. The van der Waals surface area contributed by atoms with Gasteiger partial charge in [0.25, 0.3) is 0 Å². The van der Waals surface area contributed by atoms with Gasteiger partial charge in [-0.15, -0.1) is 0 Å². The maximum absolute atomic E-state index is 12.1. The Balaban J connectivity index is 1.44. The number of amides is 2. The number of nitrogens with zero attached hydrogens (tertiary/aromatic N) is 2. The Morgan fingerprint density at radius 3 is 2.92 bits per heavy atom. The zero-order chi connectivity index (χ0) is 18.5. The highest BCUT2D eigenvalue weighted by Gasteiger charge is 2.40. The van der Waals surface area contributed by atoms with E-state index in [1.807, 2.05) is 0 Å². The number of hydroxylamine groups is 2. The number of pyridine rings is 1. The van der Waals surface area contributed by atoms with Crippen molar-refractivity contribution in [2.75, 3.05) is 12.4 Å². The molecule has 2 aliphatic rings. The number of aromatic nitrogens is 1. The standard InChI is InChI=1S/C15H15N3O7S/c19-11(8-26-12-3-1-2-6-16-12)17-9-7-23-18(14(9)21)25-15(22)10-4-5-13(20)24-10/h1-3,6,9-10H,4-5,7-8H2,(H,17,19)/t9-,10?/m0/s1. The third-order valence-electron chi connectivity index (χ3n) is 3.48. The van der Waals surface area contributed by atoms with Crippen LogP contribution in [0.15, 0.2) is 29.4 Å². The molecular weight excluding hydrogens is 366 g/mol. The van der Waals surface area contributed by atoms with Crippen LogP contribution in [0.3, 0.4) is 0 Å². The summed E-state index contributed by atoms with van der Waals surface area (Å²) < 4.78 is 4.75. The molecule has 1 N–H and O–H groups in total. The van der Waals surface area contributed by atoms with Crippen LogP contribution in [-0.2, 0) is 33.6 Å². The lowest BCUT2D eigenvalue weighted by atomic mass is 10.2. The lowest BCUT2D eigenvalue weighted by Gasteiger charge is -2.15. The molecule has 0 bridgehead atoms. The molecule has 0 radical (unpaired) electrons. The molecule has 1 unspecified atom stereocenters. The molecule has 10 nitrogen and oxygen atoms in total. The van der Waals surface area contributed by atoms with Gasteiger partial charge in [0, 0.05) is 19.0 Å². The molecule has 2 fully saturated rings. The first-order chi connectivity index (χ1) is 12.5. The summed E-state index contributed by atoms with van der Waals surface area (Å²) in [5, 5.41) is 3.59. The summed E-state index contributed by atoms with van der Waals surface area (Å²) >= 11 is 1.22. The first-order valence-corrected chi connectivity index (χ1v) is 8.73. The van der Waals surface area contributed by atoms with E-state index in [9.17, 15) is 19.2 Å². The van der Waals surface area contributed by atoms with Gasteiger partial charge in [0.05, 0.1) is 10.8 Å². The molecule has 138 valence electrons. The van der Waals surface area contributed by atoms with Gasteiger partial charge in [-0.1, -0.05) is 17.8 Å². The van der Waals surface area contributed by atoms with Crippen LogP contribution in [0.1, 0.15) is 12.8 Å². The Kier molecular flexibility index (Phi) is 5.68. The van der Waals surface area contributed by atoms with Crippen LogP contribution in [0.25, 0.3) is 0 Å². The SMILES string of the molecule is O=C(CSc1ccccn1)N[C@H]1CON(OC(=O)C2CCC(=O)O2)C1=O. The number of cyclic esters (lactones) is 1. The molecule has 0 saturated carbocycles. The number of carbonyl (C=O) groups is 4. The molecule has 2 atom stereocenters. The van der Waals surface area contributed by atoms with E-state index < -0.39 is 30.0 Å². The van der Waals surface area contributed by atoms with Gasteiger partial charge in [-0.25, -0.2) is 14.6 Å². The summed E-state index contributed by atoms with van der Waals surface area (Å²) in [6.07, 6.45) is 0.858. The summed E-state index contributed by atoms with van der Waals surface area (Å²) in [4.78, 5) is 60.7. The summed E-state index contributed by atoms with van der Waals surface area (Å²) in [5.41, 5.74) is 0. The van der Waals surface area contributed by atoms with E-state index in [0.29, 0.717) is 10.3 Å². The first kappa shape index (κ1) is 18.1. The summed E-state index contributed by atoms with van der Waals surface area (Å²) in [7, 11) is 0. The molecule has 2 amide bonds. The fourth-order valence-electron chi connectivity index (χ4n) is 2.22. The number of esters is 1. The fraction of sp³-hybridized carbons (Fsp3) is 0.400. The molecule has 11 heteroatoms. The molecule has 0 aromatic carbocycles. The van der Waals surface area contributed by atoms with E-state index in [1.165, 1.54) is 11.8 Å². The predicted octanol–water partition coefficient (Wildman–Crippen LogP) is -0.404. The number of thioether (sulfide) groups is 1. The Morgan fingerprint density at radius 2 is 2.23 bits per heavy atom. The number of hydrogen-bond donors (Lipinski definition) is 1. The van der Waals surface area contributed by atoms with Crippen molar-refractivity contribution in [2.24, 2.45) is 0 Å². The minimum Gasteiger partial charge on any atom is -0.450 e. The average Bonchev–Trinajstić information content (AvgIpc) is 3.22. The van der Waals surface area contributed by atoms with Gasteiger partial charge in [-0.2, -0.15) is 0 Å². The highest BCUT2D eigenvalue weighted by Crippen LogP contribution is 2.18. The van der Waals surface area contributed by atoms with Crippen LogP contribution in [0.2, 0.25) is 0 Å². The number of nitrogens with one attached hydrogen (secondary N) is 1. The maximum atomic E-state index is 12.1. The highest BCUT2D eigenvalue weighted by molar-refractivity contribution is 7.99. The second-order valence-electron chi connectivity index (χ2n) is 5.40. The molecule has 3 rings (SSSR count). The van der Waals surface area contributed by atoms with Crippen molar-refractivity contribution < 1.29 is 33.6 Å². The minimum absolute atomic E-state index is 0.0681. The normalized spacial score (nSPS) is 22.2. The molecule has 26 heavy (non-hydrogen) atoms. The third kappa shape index (κ3) is 4.49.